The number of pyridine rings is 1. The molecule has 3 N–H and O–H groups in total. The smallest absolute Gasteiger partial charge is 0.263 e. The molecule has 0 radical (unpaired) electrons. The number of benzene rings is 1. The standard InChI is InChI=1S/C12H10BrN3O2S2/c13-8-2-1-3-9(6-8)16-20(17,18)10-4-5-11(12(14)19)15-7-10/h1-7,16H,(H2,14,19). The molecule has 0 unspecified atom stereocenters. The second-order valence-electron chi connectivity index (χ2n) is 3.86. The molecule has 1 aromatic carbocycles. The molecular formula is C12H10BrN3O2S2. The van der Waals surface area contributed by atoms with E-state index in [-0.39, 0.29) is 9.88 Å². The molecular weight excluding hydrogens is 362 g/mol. The first-order valence-corrected chi connectivity index (χ1v) is 8.11. The lowest BCUT2D eigenvalue weighted by Gasteiger charge is -2.08. The van der Waals surface area contributed by atoms with Gasteiger partial charge in [-0.05, 0) is 30.3 Å². The zero-order valence-electron chi connectivity index (χ0n) is 10.1. The van der Waals surface area contributed by atoms with E-state index in [1.165, 1.54) is 18.3 Å². The molecule has 104 valence electrons. The van der Waals surface area contributed by atoms with Crippen molar-refractivity contribution in [2.75, 3.05) is 4.72 Å². The Labute approximate surface area is 130 Å². The largest absolute Gasteiger partial charge is 0.388 e. The van der Waals surface area contributed by atoms with Crippen molar-refractivity contribution in [2.45, 2.75) is 4.90 Å². The highest BCUT2D eigenvalue weighted by atomic mass is 79.9. The molecule has 0 aliphatic rings. The van der Waals surface area contributed by atoms with Gasteiger partial charge in [0.15, 0.2) is 0 Å². The minimum atomic E-state index is -3.69. The second kappa shape index (κ2) is 5.86. The number of nitrogens with two attached hydrogens (primary N) is 1. The Morgan fingerprint density at radius 1 is 1.30 bits per heavy atom. The molecule has 2 rings (SSSR count). The molecule has 0 amide bonds. The Morgan fingerprint density at radius 3 is 2.60 bits per heavy atom. The van der Waals surface area contributed by atoms with E-state index in [4.69, 9.17) is 18.0 Å². The van der Waals surface area contributed by atoms with Crippen molar-refractivity contribution in [3.05, 3.63) is 52.8 Å². The highest BCUT2D eigenvalue weighted by Crippen LogP contribution is 2.19. The number of nitrogens with one attached hydrogen (secondary N) is 1. The quantitative estimate of drug-likeness (QED) is 0.805. The average molecular weight is 372 g/mol. The van der Waals surface area contributed by atoms with E-state index in [0.29, 0.717) is 11.4 Å². The summed E-state index contributed by atoms with van der Waals surface area (Å²) in [5.41, 5.74) is 6.24. The van der Waals surface area contributed by atoms with Crippen molar-refractivity contribution in [3.8, 4) is 0 Å². The van der Waals surface area contributed by atoms with Gasteiger partial charge in [-0.1, -0.05) is 34.2 Å². The minimum absolute atomic E-state index is 0.0393. The zero-order valence-corrected chi connectivity index (χ0v) is 13.3. The fraction of sp³-hybridized carbons (Fsp3) is 0. The van der Waals surface area contributed by atoms with Crippen LogP contribution in [0.25, 0.3) is 0 Å². The second-order valence-corrected chi connectivity index (χ2v) is 6.90. The molecule has 0 aliphatic heterocycles. The molecule has 1 aromatic heterocycles. The molecule has 1 heterocycles. The number of nitrogens with zero attached hydrogens (tertiary/aromatic N) is 1. The van der Waals surface area contributed by atoms with E-state index >= 15 is 0 Å². The molecule has 20 heavy (non-hydrogen) atoms. The van der Waals surface area contributed by atoms with E-state index < -0.39 is 10.0 Å². The number of thiocarbonyl (C=S) groups is 1. The molecule has 0 saturated carbocycles. The van der Waals surface area contributed by atoms with Gasteiger partial charge < -0.3 is 5.73 Å². The summed E-state index contributed by atoms with van der Waals surface area (Å²) >= 11 is 8.04. The zero-order chi connectivity index (χ0) is 14.8. The van der Waals surface area contributed by atoms with Crippen LogP contribution in [0, 0.1) is 0 Å². The lowest BCUT2D eigenvalue weighted by molar-refractivity contribution is 0.601. The Kier molecular flexibility index (Phi) is 4.36. The van der Waals surface area contributed by atoms with Crippen LogP contribution in [0.3, 0.4) is 0 Å². The normalized spacial score (nSPS) is 11.1. The van der Waals surface area contributed by atoms with Crippen molar-refractivity contribution in [1.29, 1.82) is 0 Å². The topological polar surface area (TPSA) is 85.1 Å². The maximum atomic E-state index is 12.2. The van der Waals surface area contributed by atoms with E-state index in [9.17, 15) is 8.42 Å². The van der Waals surface area contributed by atoms with Crippen LogP contribution in [0.4, 0.5) is 5.69 Å². The summed E-state index contributed by atoms with van der Waals surface area (Å²) < 4.78 is 27.6. The number of hydrogen-bond donors (Lipinski definition) is 2. The van der Waals surface area contributed by atoms with Crippen LogP contribution in [0.2, 0.25) is 0 Å². The molecule has 0 fully saturated rings. The lowest BCUT2D eigenvalue weighted by Crippen LogP contribution is -2.15. The van der Waals surface area contributed by atoms with Crippen LogP contribution in [-0.4, -0.2) is 18.4 Å². The maximum absolute atomic E-state index is 12.2. The van der Waals surface area contributed by atoms with Gasteiger partial charge in [-0.3, -0.25) is 9.71 Å². The molecule has 2 aromatic rings. The number of hydrogen-bond acceptors (Lipinski definition) is 4. The fourth-order valence-electron chi connectivity index (χ4n) is 1.45. The van der Waals surface area contributed by atoms with E-state index in [1.807, 2.05) is 0 Å². The fourth-order valence-corrected chi connectivity index (χ4v) is 2.96. The van der Waals surface area contributed by atoms with Gasteiger partial charge in [0.2, 0.25) is 0 Å². The summed E-state index contributed by atoms with van der Waals surface area (Å²) in [5, 5.41) is 0. The predicted molar refractivity (Wildman–Crippen MR) is 85.1 cm³/mol. The first kappa shape index (κ1) is 14.9. The van der Waals surface area contributed by atoms with Crippen LogP contribution >= 0.6 is 28.1 Å². The summed E-state index contributed by atoms with van der Waals surface area (Å²) in [6.45, 7) is 0. The van der Waals surface area contributed by atoms with Crippen molar-refractivity contribution >= 4 is 48.8 Å². The van der Waals surface area contributed by atoms with Crippen molar-refractivity contribution < 1.29 is 8.42 Å². The highest BCUT2D eigenvalue weighted by molar-refractivity contribution is 9.10. The minimum Gasteiger partial charge on any atom is -0.388 e. The third-order valence-electron chi connectivity index (χ3n) is 2.38. The van der Waals surface area contributed by atoms with Crippen molar-refractivity contribution in [3.63, 3.8) is 0 Å². The summed E-state index contributed by atoms with van der Waals surface area (Å²) in [4.78, 5) is 4.07. The number of halogens is 1. The molecule has 0 atom stereocenters. The molecule has 0 aliphatic carbocycles. The van der Waals surface area contributed by atoms with Gasteiger partial charge in [-0.2, -0.15) is 0 Å². The summed E-state index contributed by atoms with van der Waals surface area (Å²) in [6, 6.07) is 9.72. The van der Waals surface area contributed by atoms with E-state index in [0.717, 1.165) is 4.47 Å². The van der Waals surface area contributed by atoms with Crippen LogP contribution in [0.15, 0.2) is 52.0 Å². The van der Waals surface area contributed by atoms with Gasteiger partial charge in [0.05, 0.1) is 5.69 Å². The van der Waals surface area contributed by atoms with Gasteiger partial charge in [-0.25, -0.2) is 8.42 Å². The van der Waals surface area contributed by atoms with Crippen LogP contribution in [-0.2, 0) is 10.0 Å². The Hall–Kier alpha value is -1.51. The third-order valence-corrected chi connectivity index (χ3v) is 4.44. The van der Waals surface area contributed by atoms with Crippen LogP contribution < -0.4 is 10.5 Å². The van der Waals surface area contributed by atoms with E-state index in [1.54, 1.807) is 24.3 Å². The number of rotatable bonds is 4. The van der Waals surface area contributed by atoms with Crippen LogP contribution in [0.5, 0.6) is 0 Å². The Bertz CT molecular complexity index is 746. The van der Waals surface area contributed by atoms with Gasteiger partial charge >= 0.3 is 0 Å². The molecule has 8 heteroatoms. The van der Waals surface area contributed by atoms with Gasteiger partial charge in [0.25, 0.3) is 10.0 Å². The number of aromatic nitrogens is 1. The van der Waals surface area contributed by atoms with Gasteiger partial charge in [-0.15, -0.1) is 0 Å². The number of anilines is 1. The van der Waals surface area contributed by atoms with Crippen LogP contribution in [0.1, 0.15) is 5.69 Å². The van der Waals surface area contributed by atoms with Crippen molar-refractivity contribution in [1.82, 2.24) is 4.98 Å². The highest BCUT2D eigenvalue weighted by Gasteiger charge is 2.15. The summed E-state index contributed by atoms with van der Waals surface area (Å²) in [5.74, 6) is 0. The first-order chi connectivity index (χ1) is 9.38. The van der Waals surface area contributed by atoms with E-state index in [2.05, 4.69) is 25.6 Å². The first-order valence-electron chi connectivity index (χ1n) is 5.43. The molecule has 0 spiro atoms. The van der Waals surface area contributed by atoms with Gasteiger partial charge in [0.1, 0.15) is 9.88 Å². The Balaban J connectivity index is 2.28. The summed E-state index contributed by atoms with van der Waals surface area (Å²) in [7, 11) is -3.69. The monoisotopic (exact) mass is 371 g/mol. The SMILES string of the molecule is NC(=S)c1ccc(S(=O)(=O)Nc2cccc(Br)c2)cn1. The molecule has 0 saturated heterocycles. The molecule has 0 bridgehead atoms. The maximum Gasteiger partial charge on any atom is 0.263 e. The Morgan fingerprint density at radius 2 is 2.05 bits per heavy atom. The van der Waals surface area contributed by atoms with Gasteiger partial charge in [0, 0.05) is 16.4 Å². The number of sulfonamides is 1. The molecule has 5 nitrogen and oxygen atoms in total. The average Bonchev–Trinajstić information content (AvgIpc) is 2.38. The third kappa shape index (κ3) is 3.53. The summed E-state index contributed by atoms with van der Waals surface area (Å²) in [6.07, 6.45) is 1.22. The lowest BCUT2D eigenvalue weighted by atomic mass is 10.3. The predicted octanol–water partition coefficient (Wildman–Crippen LogP) is 2.28. The van der Waals surface area contributed by atoms with Crippen molar-refractivity contribution in [2.24, 2.45) is 5.73 Å².